The van der Waals surface area contributed by atoms with Gasteiger partial charge in [0, 0.05) is 74.7 Å². The van der Waals surface area contributed by atoms with Gasteiger partial charge in [-0.05, 0) is 142 Å². The van der Waals surface area contributed by atoms with Crippen molar-refractivity contribution in [1.29, 1.82) is 0 Å². The average Bonchev–Trinajstić information content (AvgIpc) is 3.28. The van der Waals surface area contributed by atoms with Crippen molar-refractivity contribution in [3.63, 3.8) is 0 Å². The molecule has 0 spiro atoms. The number of hydrogen-bond acceptors (Lipinski definition) is 6. The van der Waals surface area contributed by atoms with Gasteiger partial charge >= 0.3 is 0 Å². The average molecular weight is 1070 g/mol. The summed E-state index contributed by atoms with van der Waals surface area (Å²) in [4.78, 5) is 5.00. The van der Waals surface area contributed by atoms with Gasteiger partial charge in [-0.25, -0.2) is 0 Å². The van der Waals surface area contributed by atoms with E-state index in [1.165, 1.54) is 96.0 Å². The zero-order valence-corrected chi connectivity index (χ0v) is 46.8. The third-order valence-corrected chi connectivity index (χ3v) is 20.5. The summed E-state index contributed by atoms with van der Waals surface area (Å²) < 4.78 is 18.9. The lowest BCUT2D eigenvalue weighted by Gasteiger charge is -2.30. The van der Waals surface area contributed by atoms with Crippen LogP contribution < -0.4 is 9.80 Å². The molecule has 80 heavy (non-hydrogen) atoms. The Morgan fingerprint density at radius 2 is 0.700 bits per heavy atom. The summed E-state index contributed by atoms with van der Waals surface area (Å²) in [5.74, 6) is 0. The minimum atomic E-state index is -0.371. The second-order valence-corrected chi connectivity index (χ2v) is 25.3. The van der Waals surface area contributed by atoms with Gasteiger partial charge in [-0.1, -0.05) is 161 Å². The van der Waals surface area contributed by atoms with Crippen LogP contribution in [0.15, 0.2) is 215 Å². The highest BCUT2D eigenvalue weighted by Crippen LogP contribution is 2.64. The van der Waals surface area contributed by atoms with Crippen LogP contribution in [0.3, 0.4) is 0 Å². The molecule has 0 aliphatic heterocycles. The molecule has 0 radical (unpaired) electrons. The molecule has 0 saturated carbocycles. The molecule has 6 heteroatoms. The first-order valence-corrected chi connectivity index (χ1v) is 29.4. The Balaban J connectivity index is 0.931. The Kier molecular flexibility index (Phi) is 9.39. The maximum atomic E-state index is 6.90. The Bertz CT molecular complexity index is 4870. The SMILES string of the molecule is Cc1ccccc1N(c1cccc2c1oc1ccccc12)c1cc2c(c3c1sc1ccccc13)-c1cc3c(cc1C2(C)C)-c1c(cc(N(c2ccccc2C)c2cccc4c2oc2ccccc24)c2sc4ccccc4c12)C3(C)C. The van der Waals surface area contributed by atoms with Crippen LogP contribution in [0.25, 0.3) is 106 Å². The number of aryl methyl sites for hydroxylation is 2. The summed E-state index contributed by atoms with van der Waals surface area (Å²) in [6.07, 6.45) is 0. The monoisotopic (exact) mass is 1060 g/mol. The van der Waals surface area contributed by atoms with Crippen molar-refractivity contribution in [3.8, 4) is 22.3 Å². The predicted molar refractivity (Wildman–Crippen MR) is 341 cm³/mol. The van der Waals surface area contributed by atoms with Crippen molar-refractivity contribution in [2.75, 3.05) is 9.80 Å². The van der Waals surface area contributed by atoms with Crippen molar-refractivity contribution >= 4 is 141 Å². The molecule has 0 unspecified atom stereocenters. The van der Waals surface area contributed by atoms with E-state index in [-0.39, 0.29) is 10.8 Å². The number of furan rings is 2. The Labute approximate surface area is 471 Å². The lowest BCUT2D eigenvalue weighted by molar-refractivity contribution is 0.652. The standard InChI is InChI=1S/C74H52N2O2S2/c1-41-21-7-13-29-55(41)75(57-31-19-27-45-43-23-9-15-33-61(43)77-69(45)57)59-39-53-65(67-47-25-11-17-35-63(47)79-71(59)67)49-37-52-50(38-51(49)73(53,3)4)66-54(74(52,5)6)40-60(72-68(66)48-26-12-18-36-64(48)80-72)76(56-30-14-8-22-42(56)2)58-32-20-28-46-44-24-10-16-34-62(44)78-70(46)58/h7-40H,1-6H3. The highest BCUT2D eigenvalue weighted by Gasteiger charge is 2.45. The van der Waals surface area contributed by atoms with Crippen molar-refractivity contribution in [2.45, 2.75) is 52.4 Å². The first kappa shape index (κ1) is 46.0. The van der Waals surface area contributed by atoms with Crippen LogP contribution in [0.4, 0.5) is 34.1 Å². The number of anilines is 6. The molecule has 4 heterocycles. The van der Waals surface area contributed by atoms with Gasteiger partial charge in [0.2, 0.25) is 0 Å². The van der Waals surface area contributed by atoms with Crippen molar-refractivity contribution < 1.29 is 8.83 Å². The molecule has 4 aromatic heterocycles. The van der Waals surface area contributed by atoms with E-state index in [9.17, 15) is 0 Å². The second-order valence-electron chi connectivity index (χ2n) is 23.2. The molecule has 382 valence electrons. The normalized spacial score (nSPS) is 14.1. The molecule has 4 nitrogen and oxygen atoms in total. The van der Waals surface area contributed by atoms with Gasteiger partial charge in [0.15, 0.2) is 11.2 Å². The van der Waals surface area contributed by atoms with Crippen molar-refractivity contribution in [3.05, 3.63) is 240 Å². The van der Waals surface area contributed by atoms with Crippen molar-refractivity contribution in [1.82, 2.24) is 0 Å². The summed E-state index contributed by atoms with van der Waals surface area (Å²) >= 11 is 3.80. The minimum Gasteiger partial charge on any atom is -0.454 e. The summed E-state index contributed by atoms with van der Waals surface area (Å²) in [6, 6.07) is 76.2. The summed E-state index contributed by atoms with van der Waals surface area (Å²) in [5, 5.41) is 9.68. The number of rotatable bonds is 6. The maximum absolute atomic E-state index is 6.90. The van der Waals surface area contributed by atoms with E-state index in [2.05, 4.69) is 258 Å². The number of nitrogens with zero attached hydrogens (tertiary/aromatic N) is 2. The molecule has 0 atom stereocenters. The molecule has 11 aromatic carbocycles. The van der Waals surface area contributed by atoms with Gasteiger partial charge < -0.3 is 18.6 Å². The molecule has 0 fully saturated rings. The number of para-hydroxylation sites is 6. The fraction of sp³-hybridized carbons (Fsp3) is 0.108. The molecule has 2 aliphatic rings. The molecule has 15 aromatic rings. The molecular formula is C74H52N2O2S2. The highest BCUT2D eigenvalue weighted by atomic mass is 32.1. The molecule has 2 aliphatic carbocycles. The quantitative estimate of drug-likeness (QED) is 0.166. The van der Waals surface area contributed by atoms with E-state index >= 15 is 0 Å². The fourth-order valence-electron chi connectivity index (χ4n) is 14.2. The molecule has 17 rings (SSSR count). The number of hydrogen-bond donors (Lipinski definition) is 0. The van der Waals surface area contributed by atoms with E-state index in [1.807, 2.05) is 22.7 Å². The van der Waals surface area contributed by atoms with Gasteiger partial charge in [-0.2, -0.15) is 0 Å². The van der Waals surface area contributed by atoms with E-state index in [4.69, 9.17) is 8.83 Å². The minimum absolute atomic E-state index is 0.371. The van der Waals surface area contributed by atoms with Crippen LogP contribution in [-0.4, -0.2) is 0 Å². The van der Waals surface area contributed by atoms with Crippen LogP contribution in [0.2, 0.25) is 0 Å². The highest BCUT2D eigenvalue weighted by molar-refractivity contribution is 7.27. The smallest absolute Gasteiger partial charge is 0.159 e. The van der Waals surface area contributed by atoms with Gasteiger partial charge in [0.25, 0.3) is 0 Å². The first-order valence-electron chi connectivity index (χ1n) is 27.7. The molecule has 0 bridgehead atoms. The molecule has 0 amide bonds. The summed E-state index contributed by atoms with van der Waals surface area (Å²) in [7, 11) is 0. The first-order chi connectivity index (χ1) is 39.0. The summed E-state index contributed by atoms with van der Waals surface area (Å²) in [5.41, 5.74) is 22.6. The van der Waals surface area contributed by atoms with E-state index in [0.29, 0.717) is 0 Å². The topological polar surface area (TPSA) is 32.8 Å². The number of benzene rings is 11. The third kappa shape index (κ3) is 6.10. The van der Waals surface area contributed by atoms with Gasteiger partial charge in [0.1, 0.15) is 11.2 Å². The number of fused-ring (bicyclic) bond motifs is 20. The Morgan fingerprint density at radius 3 is 1.14 bits per heavy atom. The van der Waals surface area contributed by atoms with Crippen LogP contribution >= 0.6 is 22.7 Å². The predicted octanol–water partition coefficient (Wildman–Crippen LogP) is 22.4. The van der Waals surface area contributed by atoms with Crippen LogP contribution in [0.1, 0.15) is 61.1 Å². The lowest BCUT2D eigenvalue weighted by atomic mass is 9.79. The van der Waals surface area contributed by atoms with Gasteiger partial charge in [-0.15, -0.1) is 22.7 Å². The van der Waals surface area contributed by atoms with Crippen LogP contribution in [-0.2, 0) is 10.8 Å². The fourth-order valence-corrected chi connectivity index (χ4v) is 16.6. The third-order valence-electron chi connectivity index (χ3n) is 18.1. The van der Waals surface area contributed by atoms with Crippen LogP contribution in [0, 0.1) is 13.8 Å². The number of thiophene rings is 2. The molecular weight excluding hydrogens is 1010 g/mol. The van der Waals surface area contributed by atoms with Gasteiger partial charge in [-0.3, -0.25) is 0 Å². The zero-order valence-electron chi connectivity index (χ0n) is 45.2. The van der Waals surface area contributed by atoms with E-state index in [0.717, 1.165) is 78.0 Å². The van der Waals surface area contributed by atoms with E-state index in [1.54, 1.807) is 0 Å². The molecule has 0 N–H and O–H groups in total. The second kappa shape index (κ2) is 16.3. The van der Waals surface area contributed by atoms with Gasteiger partial charge in [0.05, 0.1) is 32.1 Å². The Morgan fingerprint density at radius 1 is 0.338 bits per heavy atom. The van der Waals surface area contributed by atoms with E-state index < -0.39 is 0 Å². The summed E-state index contributed by atoms with van der Waals surface area (Å²) in [6.45, 7) is 14.3. The largest absolute Gasteiger partial charge is 0.454 e. The lowest BCUT2D eigenvalue weighted by Crippen LogP contribution is -2.18. The zero-order chi connectivity index (χ0) is 53.5. The maximum Gasteiger partial charge on any atom is 0.159 e. The molecule has 0 saturated heterocycles. The Hall–Kier alpha value is -8.94. The van der Waals surface area contributed by atoms with Crippen LogP contribution in [0.5, 0.6) is 0 Å². The van der Waals surface area contributed by atoms with Crippen molar-refractivity contribution in [2.24, 2.45) is 0 Å².